The van der Waals surface area contributed by atoms with Gasteiger partial charge in [0.05, 0.1) is 5.75 Å². The zero-order valence-corrected chi connectivity index (χ0v) is 13.9. The number of ether oxygens (including phenoxy) is 1. The third kappa shape index (κ3) is 5.84. The molecular weight excluding hydrogens is 314 g/mol. The zero-order valence-electron chi connectivity index (χ0n) is 13.1. The van der Waals surface area contributed by atoms with Gasteiger partial charge >= 0.3 is 5.97 Å². The maximum Gasteiger partial charge on any atom is 0.326 e. The van der Waals surface area contributed by atoms with Gasteiger partial charge in [-0.15, -0.1) is 0 Å². The van der Waals surface area contributed by atoms with E-state index >= 15 is 0 Å². The lowest BCUT2D eigenvalue weighted by Crippen LogP contribution is -2.32. The van der Waals surface area contributed by atoms with Gasteiger partial charge in [0, 0.05) is 0 Å². The molecule has 1 N–H and O–H groups in total. The van der Waals surface area contributed by atoms with E-state index in [0.717, 1.165) is 11.1 Å². The summed E-state index contributed by atoms with van der Waals surface area (Å²) < 4.78 is 31.3. The van der Waals surface area contributed by atoms with Crippen molar-refractivity contribution < 1.29 is 17.9 Å². The normalized spacial score (nSPS) is 11.2. The molecule has 0 aliphatic carbocycles. The highest BCUT2D eigenvalue weighted by Crippen LogP contribution is 2.12. The topological polar surface area (TPSA) is 72.5 Å². The van der Waals surface area contributed by atoms with Crippen molar-refractivity contribution in [1.82, 2.24) is 4.72 Å². The molecule has 0 aliphatic heterocycles. The van der Waals surface area contributed by atoms with E-state index in [-0.39, 0.29) is 5.75 Å². The van der Waals surface area contributed by atoms with E-state index in [9.17, 15) is 13.2 Å². The van der Waals surface area contributed by atoms with Crippen molar-refractivity contribution in [3.05, 3.63) is 65.2 Å². The summed E-state index contributed by atoms with van der Waals surface area (Å²) in [5.41, 5.74) is 2.67. The summed E-state index contributed by atoms with van der Waals surface area (Å²) in [7, 11) is -3.59. The molecule has 0 fully saturated rings. The molecule has 2 rings (SSSR count). The van der Waals surface area contributed by atoms with Crippen LogP contribution in [-0.4, -0.2) is 20.9 Å². The monoisotopic (exact) mass is 333 g/mol. The summed E-state index contributed by atoms with van der Waals surface area (Å²) in [5, 5.41) is 0. The molecule has 0 saturated carbocycles. The minimum atomic E-state index is -3.59. The molecule has 122 valence electrons. The number of carbonyl (C=O) groups excluding carboxylic acids is 1. The summed E-state index contributed by atoms with van der Waals surface area (Å²) >= 11 is 0. The standard InChI is InChI=1S/C17H19NO4S/c1-13-6-8-15(9-7-13)12-23(20,21)18-11-17(19)22-16-5-3-4-14(2)10-16/h3-10,18H,11-12H2,1-2H3. The molecule has 2 aromatic carbocycles. The average Bonchev–Trinajstić information content (AvgIpc) is 2.48. The first-order valence-electron chi connectivity index (χ1n) is 7.14. The quantitative estimate of drug-likeness (QED) is 0.650. The average molecular weight is 333 g/mol. The molecule has 0 bridgehead atoms. The van der Waals surface area contributed by atoms with Crippen molar-refractivity contribution in [3.8, 4) is 5.75 Å². The molecule has 0 unspecified atom stereocenters. The van der Waals surface area contributed by atoms with Gasteiger partial charge in [0.15, 0.2) is 0 Å². The van der Waals surface area contributed by atoms with Crippen LogP contribution in [0.4, 0.5) is 0 Å². The van der Waals surface area contributed by atoms with E-state index in [1.807, 2.05) is 32.0 Å². The van der Waals surface area contributed by atoms with E-state index in [1.165, 1.54) is 0 Å². The third-order valence-corrected chi connectivity index (χ3v) is 4.43. The number of nitrogens with one attached hydrogen (secondary N) is 1. The molecule has 0 saturated heterocycles. The minimum Gasteiger partial charge on any atom is -0.426 e. The first-order valence-corrected chi connectivity index (χ1v) is 8.79. The van der Waals surface area contributed by atoms with Crippen molar-refractivity contribution in [2.75, 3.05) is 6.54 Å². The molecule has 5 nitrogen and oxygen atoms in total. The van der Waals surface area contributed by atoms with Gasteiger partial charge in [0.25, 0.3) is 0 Å². The molecule has 0 atom stereocenters. The molecule has 0 aliphatic rings. The van der Waals surface area contributed by atoms with Crippen LogP contribution in [0.1, 0.15) is 16.7 Å². The van der Waals surface area contributed by atoms with Gasteiger partial charge in [-0.2, -0.15) is 0 Å². The SMILES string of the molecule is Cc1ccc(CS(=O)(=O)NCC(=O)Oc2cccc(C)c2)cc1. The van der Waals surface area contributed by atoms with Crippen LogP contribution in [0.15, 0.2) is 48.5 Å². The Kier molecular flexibility index (Phi) is 5.52. The van der Waals surface area contributed by atoms with Gasteiger partial charge in [0.1, 0.15) is 12.3 Å². The molecule has 0 aromatic heterocycles. The Morgan fingerprint density at radius 3 is 2.39 bits per heavy atom. The molecule has 23 heavy (non-hydrogen) atoms. The number of rotatable bonds is 6. The maximum absolute atomic E-state index is 12.0. The van der Waals surface area contributed by atoms with Gasteiger partial charge in [0.2, 0.25) is 10.0 Å². The molecular formula is C17H19NO4S. The molecule has 0 amide bonds. The number of esters is 1. The van der Waals surface area contributed by atoms with Crippen molar-refractivity contribution >= 4 is 16.0 Å². The first kappa shape index (κ1) is 17.2. The highest BCUT2D eigenvalue weighted by atomic mass is 32.2. The van der Waals surface area contributed by atoms with E-state index in [1.54, 1.807) is 30.3 Å². The van der Waals surface area contributed by atoms with Gasteiger partial charge < -0.3 is 4.74 Å². The molecule has 6 heteroatoms. The summed E-state index contributed by atoms with van der Waals surface area (Å²) in [6.07, 6.45) is 0. The highest BCUT2D eigenvalue weighted by Gasteiger charge is 2.14. The Morgan fingerprint density at radius 2 is 1.74 bits per heavy atom. The fourth-order valence-electron chi connectivity index (χ4n) is 1.97. The van der Waals surface area contributed by atoms with Crippen LogP contribution in [0, 0.1) is 13.8 Å². The number of carbonyl (C=O) groups is 1. The highest BCUT2D eigenvalue weighted by molar-refractivity contribution is 7.88. The second-order valence-corrected chi connectivity index (χ2v) is 7.16. The number of hydrogen-bond donors (Lipinski definition) is 1. The van der Waals surface area contributed by atoms with Crippen LogP contribution in [0.2, 0.25) is 0 Å². The Labute approximate surface area is 136 Å². The number of sulfonamides is 1. The molecule has 2 aromatic rings. The summed E-state index contributed by atoms with van der Waals surface area (Å²) in [5.74, 6) is -0.429. The number of hydrogen-bond acceptors (Lipinski definition) is 4. The fraction of sp³-hybridized carbons (Fsp3) is 0.235. The van der Waals surface area contributed by atoms with Crippen LogP contribution in [-0.2, 0) is 20.6 Å². The Balaban J connectivity index is 1.88. The Bertz CT molecular complexity index is 782. The van der Waals surface area contributed by atoms with Gasteiger partial charge in [-0.3, -0.25) is 4.79 Å². The smallest absolute Gasteiger partial charge is 0.326 e. The molecule has 0 spiro atoms. The van der Waals surface area contributed by atoms with Crippen molar-refractivity contribution in [2.45, 2.75) is 19.6 Å². The van der Waals surface area contributed by atoms with Crippen molar-refractivity contribution in [3.63, 3.8) is 0 Å². The van der Waals surface area contributed by atoms with Gasteiger partial charge in [-0.1, -0.05) is 42.0 Å². The van der Waals surface area contributed by atoms with Gasteiger partial charge in [-0.05, 0) is 37.1 Å². The Hall–Kier alpha value is -2.18. The third-order valence-electron chi connectivity index (χ3n) is 3.13. The second kappa shape index (κ2) is 7.39. The lowest BCUT2D eigenvalue weighted by molar-refractivity contribution is -0.133. The summed E-state index contributed by atoms with van der Waals surface area (Å²) in [6, 6.07) is 14.2. The Morgan fingerprint density at radius 1 is 1.04 bits per heavy atom. The first-order chi connectivity index (χ1) is 10.8. The fourth-order valence-corrected chi connectivity index (χ4v) is 3.04. The lowest BCUT2D eigenvalue weighted by Gasteiger charge is -2.08. The van der Waals surface area contributed by atoms with Crippen molar-refractivity contribution in [1.29, 1.82) is 0 Å². The van der Waals surface area contributed by atoms with E-state index < -0.39 is 22.5 Å². The van der Waals surface area contributed by atoms with Crippen LogP contribution < -0.4 is 9.46 Å². The van der Waals surface area contributed by atoms with E-state index in [2.05, 4.69) is 4.72 Å². The predicted octanol–water partition coefficient (Wildman–Crippen LogP) is 2.33. The lowest BCUT2D eigenvalue weighted by atomic mass is 10.2. The summed E-state index contributed by atoms with van der Waals surface area (Å²) in [4.78, 5) is 11.7. The summed E-state index contributed by atoms with van der Waals surface area (Å²) in [6.45, 7) is 3.40. The second-order valence-electron chi connectivity index (χ2n) is 5.36. The van der Waals surface area contributed by atoms with E-state index in [0.29, 0.717) is 11.3 Å². The van der Waals surface area contributed by atoms with Crippen LogP contribution in [0.5, 0.6) is 5.75 Å². The maximum atomic E-state index is 12.0. The molecule has 0 radical (unpaired) electrons. The molecule has 0 heterocycles. The largest absolute Gasteiger partial charge is 0.426 e. The van der Waals surface area contributed by atoms with Crippen LogP contribution in [0.25, 0.3) is 0 Å². The van der Waals surface area contributed by atoms with Crippen LogP contribution in [0.3, 0.4) is 0 Å². The van der Waals surface area contributed by atoms with Crippen LogP contribution >= 0.6 is 0 Å². The van der Waals surface area contributed by atoms with Crippen molar-refractivity contribution in [2.24, 2.45) is 0 Å². The van der Waals surface area contributed by atoms with Gasteiger partial charge in [-0.25, -0.2) is 13.1 Å². The number of benzene rings is 2. The van der Waals surface area contributed by atoms with E-state index in [4.69, 9.17) is 4.74 Å². The predicted molar refractivity (Wildman–Crippen MR) is 88.6 cm³/mol. The zero-order chi connectivity index (χ0) is 16.9. The number of aryl methyl sites for hydroxylation is 2. The minimum absolute atomic E-state index is 0.176.